The summed E-state index contributed by atoms with van der Waals surface area (Å²) in [5, 5.41) is 0. The summed E-state index contributed by atoms with van der Waals surface area (Å²) in [4.78, 5) is 15.4. The zero-order chi connectivity index (χ0) is 13.4. The molecule has 96 valence electrons. The fourth-order valence-electron chi connectivity index (χ4n) is 1.90. The van der Waals surface area contributed by atoms with E-state index >= 15 is 0 Å². The van der Waals surface area contributed by atoms with Gasteiger partial charge in [0, 0.05) is 0 Å². The molecule has 0 saturated heterocycles. The molecule has 1 aromatic carbocycles. The van der Waals surface area contributed by atoms with Crippen molar-refractivity contribution in [2.75, 3.05) is 18.6 Å². The van der Waals surface area contributed by atoms with Gasteiger partial charge in [-0.3, -0.25) is 0 Å². The van der Waals surface area contributed by atoms with Crippen molar-refractivity contribution in [3.8, 4) is 17.1 Å². The molecule has 3 rings (SSSR count). The molecule has 5 N–H and O–H groups in total. The molecular weight excluding hydrogens is 244 g/mol. The fourth-order valence-corrected chi connectivity index (χ4v) is 1.90. The monoisotopic (exact) mass is 256 g/mol. The second-order valence-corrected chi connectivity index (χ2v) is 3.95. The van der Waals surface area contributed by atoms with Crippen LogP contribution in [0.1, 0.15) is 0 Å². The van der Waals surface area contributed by atoms with Crippen LogP contribution in [0.15, 0.2) is 24.3 Å². The summed E-state index contributed by atoms with van der Waals surface area (Å²) < 4.78 is 5.30. The molecule has 0 radical (unpaired) electrons. The first-order valence-electron chi connectivity index (χ1n) is 5.61. The van der Waals surface area contributed by atoms with Gasteiger partial charge in [0.25, 0.3) is 0 Å². The predicted octanol–water partition coefficient (Wildman–Crippen LogP) is 1.19. The summed E-state index contributed by atoms with van der Waals surface area (Å²) in [6.45, 7) is 0. The third-order valence-corrected chi connectivity index (χ3v) is 2.76. The lowest BCUT2D eigenvalue weighted by atomic mass is 10.2. The Bertz CT molecular complexity index is 751. The Labute approximate surface area is 108 Å². The lowest BCUT2D eigenvalue weighted by Crippen LogP contribution is -1.99. The van der Waals surface area contributed by atoms with Crippen molar-refractivity contribution in [2.45, 2.75) is 0 Å². The van der Waals surface area contributed by atoms with E-state index in [4.69, 9.17) is 16.2 Å². The molecule has 7 heteroatoms. The van der Waals surface area contributed by atoms with Gasteiger partial charge < -0.3 is 21.2 Å². The smallest absolute Gasteiger partial charge is 0.224 e. The number of methoxy groups -OCH3 is 1. The summed E-state index contributed by atoms with van der Waals surface area (Å²) in [5.41, 5.74) is 13.2. The molecule has 0 aliphatic heterocycles. The van der Waals surface area contributed by atoms with Crippen LogP contribution in [-0.4, -0.2) is 27.0 Å². The lowest BCUT2D eigenvalue weighted by molar-refractivity contribution is 0.416. The zero-order valence-electron chi connectivity index (χ0n) is 10.2. The van der Waals surface area contributed by atoms with Gasteiger partial charge in [-0.2, -0.15) is 9.97 Å². The zero-order valence-corrected chi connectivity index (χ0v) is 10.2. The average molecular weight is 256 g/mol. The van der Waals surface area contributed by atoms with Crippen LogP contribution in [-0.2, 0) is 0 Å². The highest BCUT2D eigenvalue weighted by Gasteiger charge is 2.13. The maximum absolute atomic E-state index is 5.79. The van der Waals surface area contributed by atoms with E-state index in [2.05, 4.69) is 19.9 Å². The summed E-state index contributed by atoms with van der Waals surface area (Å²) in [6, 6.07) is 7.53. The molecule has 0 saturated carbocycles. The molecule has 3 aromatic rings. The van der Waals surface area contributed by atoms with E-state index in [1.807, 2.05) is 24.3 Å². The quantitative estimate of drug-likeness (QED) is 0.634. The maximum Gasteiger partial charge on any atom is 0.224 e. The molecule has 0 amide bonds. The molecule has 7 nitrogen and oxygen atoms in total. The molecule has 0 atom stereocenters. The normalized spacial score (nSPS) is 10.8. The van der Waals surface area contributed by atoms with Gasteiger partial charge in [0.2, 0.25) is 5.95 Å². The van der Waals surface area contributed by atoms with E-state index in [0.717, 1.165) is 5.56 Å². The maximum atomic E-state index is 5.79. The van der Waals surface area contributed by atoms with Gasteiger partial charge in [-0.15, -0.1) is 0 Å². The Morgan fingerprint density at radius 1 is 1.11 bits per heavy atom. The van der Waals surface area contributed by atoms with Crippen molar-refractivity contribution in [1.29, 1.82) is 0 Å². The molecular formula is C12H12N6O. The Morgan fingerprint density at radius 3 is 2.68 bits per heavy atom. The van der Waals surface area contributed by atoms with Gasteiger partial charge in [0.05, 0.1) is 12.7 Å². The summed E-state index contributed by atoms with van der Waals surface area (Å²) >= 11 is 0. The number of nitrogen functional groups attached to an aromatic ring is 2. The molecule has 0 unspecified atom stereocenters. The van der Waals surface area contributed by atoms with Crippen molar-refractivity contribution in [2.24, 2.45) is 0 Å². The van der Waals surface area contributed by atoms with Gasteiger partial charge in [-0.1, -0.05) is 12.1 Å². The molecule has 0 bridgehead atoms. The summed E-state index contributed by atoms with van der Waals surface area (Å²) in [5.74, 6) is 1.69. The van der Waals surface area contributed by atoms with E-state index in [-0.39, 0.29) is 11.8 Å². The molecule has 0 fully saturated rings. The highest BCUT2D eigenvalue weighted by atomic mass is 16.5. The van der Waals surface area contributed by atoms with Crippen LogP contribution in [0.2, 0.25) is 0 Å². The van der Waals surface area contributed by atoms with Gasteiger partial charge in [-0.25, -0.2) is 4.98 Å². The van der Waals surface area contributed by atoms with Crippen LogP contribution < -0.4 is 16.2 Å². The van der Waals surface area contributed by atoms with Crippen LogP contribution >= 0.6 is 0 Å². The van der Waals surface area contributed by atoms with Crippen molar-refractivity contribution in [3.05, 3.63) is 24.3 Å². The SMILES string of the molecule is COc1ccccc1-c1nc2nc(N)nc(N)c2[nH]1. The third kappa shape index (κ3) is 1.81. The minimum atomic E-state index is 0.100. The van der Waals surface area contributed by atoms with Crippen molar-refractivity contribution >= 4 is 22.9 Å². The number of benzene rings is 1. The first-order chi connectivity index (χ1) is 9.19. The number of nitrogens with two attached hydrogens (primary N) is 2. The average Bonchev–Trinajstić information content (AvgIpc) is 2.82. The Hall–Kier alpha value is -2.83. The van der Waals surface area contributed by atoms with Crippen molar-refractivity contribution < 1.29 is 4.74 Å². The van der Waals surface area contributed by atoms with E-state index in [0.29, 0.717) is 22.7 Å². The van der Waals surface area contributed by atoms with Gasteiger partial charge in [0.15, 0.2) is 11.5 Å². The molecule has 2 heterocycles. The van der Waals surface area contributed by atoms with Gasteiger partial charge in [0.1, 0.15) is 17.1 Å². The number of hydrogen-bond acceptors (Lipinski definition) is 6. The highest BCUT2D eigenvalue weighted by molar-refractivity contribution is 5.86. The second kappa shape index (κ2) is 4.13. The lowest BCUT2D eigenvalue weighted by Gasteiger charge is -2.04. The highest BCUT2D eigenvalue weighted by Crippen LogP contribution is 2.29. The topological polar surface area (TPSA) is 116 Å². The fraction of sp³-hybridized carbons (Fsp3) is 0.0833. The van der Waals surface area contributed by atoms with E-state index in [9.17, 15) is 0 Å². The number of aromatic amines is 1. The number of nitrogens with zero attached hydrogens (tertiary/aromatic N) is 3. The Kier molecular flexibility index (Phi) is 2.45. The van der Waals surface area contributed by atoms with E-state index < -0.39 is 0 Å². The van der Waals surface area contributed by atoms with Gasteiger partial charge in [-0.05, 0) is 12.1 Å². The van der Waals surface area contributed by atoms with Crippen LogP contribution in [0, 0.1) is 0 Å². The number of imidazole rings is 1. The molecule has 2 aromatic heterocycles. The summed E-state index contributed by atoms with van der Waals surface area (Å²) in [7, 11) is 1.60. The number of aromatic nitrogens is 4. The van der Waals surface area contributed by atoms with Crippen molar-refractivity contribution in [3.63, 3.8) is 0 Å². The van der Waals surface area contributed by atoms with Crippen LogP contribution in [0.4, 0.5) is 11.8 Å². The van der Waals surface area contributed by atoms with Crippen LogP contribution in [0.25, 0.3) is 22.6 Å². The Morgan fingerprint density at radius 2 is 1.89 bits per heavy atom. The Balaban J connectivity index is 2.23. The number of fused-ring (bicyclic) bond motifs is 1. The number of H-pyrrole nitrogens is 1. The molecule has 0 aliphatic carbocycles. The number of hydrogen-bond donors (Lipinski definition) is 3. The first-order valence-corrected chi connectivity index (χ1v) is 5.61. The number of para-hydroxylation sites is 1. The second-order valence-electron chi connectivity index (χ2n) is 3.95. The predicted molar refractivity (Wildman–Crippen MR) is 72.5 cm³/mol. The van der Waals surface area contributed by atoms with Crippen LogP contribution in [0.5, 0.6) is 5.75 Å². The number of ether oxygens (including phenoxy) is 1. The minimum absolute atomic E-state index is 0.100. The molecule has 0 spiro atoms. The first kappa shape index (κ1) is 11.3. The number of rotatable bonds is 2. The van der Waals surface area contributed by atoms with E-state index in [1.54, 1.807) is 7.11 Å². The van der Waals surface area contributed by atoms with Crippen molar-refractivity contribution in [1.82, 2.24) is 19.9 Å². The number of nitrogens with one attached hydrogen (secondary N) is 1. The minimum Gasteiger partial charge on any atom is -0.496 e. The number of anilines is 2. The third-order valence-electron chi connectivity index (χ3n) is 2.76. The van der Waals surface area contributed by atoms with Gasteiger partial charge >= 0.3 is 0 Å². The van der Waals surface area contributed by atoms with E-state index in [1.165, 1.54) is 0 Å². The summed E-state index contributed by atoms with van der Waals surface area (Å²) in [6.07, 6.45) is 0. The molecule has 19 heavy (non-hydrogen) atoms. The van der Waals surface area contributed by atoms with Crippen LogP contribution in [0.3, 0.4) is 0 Å². The largest absolute Gasteiger partial charge is 0.496 e. The molecule has 0 aliphatic rings. The standard InChI is InChI=1S/C12H12N6O/c1-19-7-5-3-2-4-6(7)10-15-8-9(13)16-12(14)18-11(8)17-10/h2-5H,1H3,(H5,13,14,15,16,17,18).